The van der Waals surface area contributed by atoms with Gasteiger partial charge in [0.25, 0.3) is 0 Å². The molecule has 2 atom stereocenters. The van der Waals surface area contributed by atoms with Crippen LogP contribution < -0.4 is 5.43 Å². The molecule has 30 heavy (non-hydrogen) atoms. The van der Waals surface area contributed by atoms with Crippen molar-refractivity contribution in [3.8, 4) is 11.3 Å². The molecule has 0 bridgehead atoms. The van der Waals surface area contributed by atoms with Gasteiger partial charge in [-0.15, -0.1) is 0 Å². The average molecular weight is 398 g/mol. The van der Waals surface area contributed by atoms with Gasteiger partial charge in [0, 0.05) is 42.7 Å². The Labute approximate surface area is 172 Å². The normalized spacial score (nSPS) is 21.1. The molecule has 6 rings (SSSR count). The van der Waals surface area contributed by atoms with Crippen molar-refractivity contribution in [2.24, 2.45) is 0 Å². The molecule has 0 saturated carbocycles. The van der Waals surface area contributed by atoms with Crippen LogP contribution in [-0.2, 0) is 11.2 Å². The predicted molar refractivity (Wildman–Crippen MR) is 111 cm³/mol. The molecule has 0 amide bonds. The van der Waals surface area contributed by atoms with Gasteiger partial charge in [0.1, 0.15) is 11.7 Å². The molecular weight excluding hydrogens is 380 g/mol. The zero-order valence-electron chi connectivity index (χ0n) is 16.0. The number of rotatable bonds is 2. The second-order valence-electron chi connectivity index (χ2n) is 7.91. The first kappa shape index (κ1) is 17.4. The molecule has 0 unspecified atom stereocenters. The van der Waals surface area contributed by atoms with Crippen LogP contribution in [0.1, 0.15) is 39.6 Å². The number of hydrogen-bond acceptors (Lipinski definition) is 4. The Balaban J connectivity index is 1.58. The van der Waals surface area contributed by atoms with E-state index in [9.17, 15) is 14.7 Å². The molecule has 6 heteroatoms. The van der Waals surface area contributed by atoms with Gasteiger partial charge in [-0.1, -0.05) is 24.3 Å². The van der Waals surface area contributed by atoms with Crippen molar-refractivity contribution in [3.05, 3.63) is 87.5 Å². The van der Waals surface area contributed by atoms with E-state index in [0.717, 1.165) is 40.1 Å². The van der Waals surface area contributed by atoms with Crippen LogP contribution in [-0.4, -0.2) is 33.3 Å². The van der Waals surface area contributed by atoms with Crippen molar-refractivity contribution in [1.29, 1.82) is 0 Å². The molecule has 1 aromatic carbocycles. The Bertz CT molecular complexity index is 1310. The summed E-state index contributed by atoms with van der Waals surface area (Å²) in [5.41, 5.74) is 6.64. The molecule has 1 fully saturated rings. The topological polar surface area (TPSA) is 81.4 Å². The van der Waals surface area contributed by atoms with E-state index in [2.05, 4.69) is 17.1 Å². The minimum atomic E-state index is -1.20. The summed E-state index contributed by atoms with van der Waals surface area (Å²) in [6.07, 6.45) is 4.59. The fraction of sp³-hybridized carbons (Fsp3) is 0.208. The molecule has 0 spiro atoms. The van der Waals surface area contributed by atoms with Crippen molar-refractivity contribution in [1.82, 2.24) is 9.55 Å². The molecule has 1 N–H and O–H groups in total. The Morgan fingerprint density at radius 3 is 2.83 bits per heavy atom. The second kappa shape index (κ2) is 6.24. The van der Waals surface area contributed by atoms with Gasteiger partial charge in [0.15, 0.2) is 5.43 Å². The number of benzene rings is 1. The zero-order valence-corrected chi connectivity index (χ0v) is 16.0. The number of carbonyl (C=O) groups is 1. The Morgan fingerprint density at radius 1 is 1.17 bits per heavy atom. The highest BCUT2D eigenvalue weighted by Gasteiger charge is 2.43. The standard InChI is InChI=1S/C24H18N2O4/c27-21-11-20-16-10-15-13(18-6-1-2-8-25-18)4-3-5-14(15)22(16)23-19(7-9-30-23)26(20)12-17(21)24(28)29/h1-6,8,11-12,19,23H,7,9-10H2,(H,28,29)/t19-,23+/m1/s1. The number of carboxylic acid groups (broad SMARTS) is 1. The lowest BCUT2D eigenvalue weighted by Crippen LogP contribution is -2.31. The number of hydrogen-bond donors (Lipinski definition) is 1. The number of nitrogens with zero attached hydrogens (tertiary/aromatic N) is 2. The first-order valence-electron chi connectivity index (χ1n) is 10.0. The quantitative estimate of drug-likeness (QED) is 0.715. The van der Waals surface area contributed by atoms with Gasteiger partial charge >= 0.3 is 5.97 Å². The molecule has 0 radical (unpaired) electrons. The van der Waals surface area contributed by atoms with Crippen LogP contribution in [0.15, 0.2) is 59.7 Å². The smallest absolute Gasteiger partial charge is 0.341 e. The van der Waals surface area contributed by atoms with E-state index >= 15 is 0 Å². The Kier molecular flexibility index (Phi) is 3.61. The lowest BCUT2D eigenvalue weighted by molar-refractivity contribution is 0.0693. The van der Waals surface area contributed by atoms with Crippen LogP contribution in [0.3, 0.4) is 0 Å². The maximum absolute atomic E-state index is 12.5. The zero-order chi connectivity index (χ0) is 20.4. The first-order valence-corrected chi connectivity index (χ1v) is 10.0. The lowest BCUT2D eigenvalue weighted by atomic mass is 9.89. The summed E-state index contributed by atoms with van der Waals surface area (Å²) < 4.78 is 8.09. The van der Waals surface area contributed by atoms with Gasteiger partial charge in [-0.25, -0.2) is 4.79 Å². The van der Waals surface area contributed by atoms with Crippen molar-refractivity contribution in [2.45, 2.75) is 25.0 Å². The number of aromatic nitrogens is 2. The monoisotopic (exact) mass is 398 g/mol. The Morgan fingerprint density at radius 2 is 2.03 bits per heavy atom. The van der Waals surface area contributed by atoms with Gasteiger partial charge in [-0.2, -0.15) is 0 Å². The summed E-state index contributed by atoms with van der Waals surface area (Å²) >= 11 is 0. The SMILES string of the molecule is O=C(O)c1cn2c(cc1=O)C1=C(c3cccc(-c4ccccn4)c3C1)[C@H]1OCC[C@H]12. The van der Waals surface area contributed by atoms with Gasteiger partial charge in [0.2, 0.25) is 0 Å². The highest BCUT2D eigenvalue weighted by atomic mass is 16.5. The molecular formula is C24H18N2O4. The minimum Gasteiger partial charge on any atom is -0.477 e. The maximum Gasteiger partial charge on any atom is 0.341 e. The van der Waals surface area contributed by atoms with Gasteiger partial charge < -0.3 is 14.4 Å². The predicted octanol–water partition coefficient (Wildman–Crippen LogP) is 3.42. The summed E-state index contributed by atoms with van der Waals surface area (Å²) in [5, 5.41) is 9.44. The highest BCUT2D eigenvalue weighted by molar-refractivity contribution is 6.01. The third kappa shape index (κ3) is 2.31. The largest absolute Gasteiger partial charge is 0.477 e. The van der Waals surface area contributed by atoms with E-state index in [-0.39, 0.29) is 17.7 Å². The molecule has 4 heterocycles. The van der Waals surface area contributed by atoms with Crippen LogP contribution in [0.5, 0.6) is 0 Å². The highest BCUT2D eigenvalue weighted by Crippen LogP contribution is 2.51. The van der Waals surface area contributed by atoms with E-state index in [1.165, 1.54) is 17.8 Å². The van der Waals surface area contributed by atoms with E-state index < -0.39 is 11.4 Å². The fourth-order valence-electron chi connectivity index (χ4n) is 5.15. The molecule has 3 aliphatic rings. The van der Waals surface area contributed by atoms with Gasteiger partial charge in [-0.05, 0) is 40.8 Å². The summed E-state index contributed by atoms with van der Waals surface area (Å²) in [6.45, 7) is 0.606. The van der Waals surface area contributed by atoms with Crippen molar-refractivity contribution >= 4 is 17.1 Å². The summed E-state index contributed by atoms with van der Waals surface area (Å²) in [7, 11) is 0. The van der Waals surface area contributed by atoms with Crippen LogP contribution in [0.4, 0.5) is 0 Å². The molecule has 148 valence electrons. The summed E-state index contributed by atoms with van der Waals surface area (Å²) in [4.78, 5) is 28.6. The third-order valence-corrected chi connectivity index (χ3v) is 6.41. The van der Waals surface area contributed by atoms with Crippen molar-refractivity contribution in [3.63, 3.8) is 0 Å². The average Bonchev–Trinajstić information content (AvgIpc) is 3.38. The third-order valence-electron chi connectivity index (χ3n) is 6.41. The van der Waals surface area contributed by atoms with Crippen LogP contribution in [0.25, 0.3) is 22.4 Å². The van der Waals surface area contributed by atoms with E-state index in [1.807, 2.05) is 28.8 Å². The molecule has 1 aliphatic carbocycles. The van der Waals surface area contributed by atoms with Crippen molar-refractivity contribution in [2.75, 3.05) is 6.61 Å². The lowest BCUT2D eigenvalue weighted by Gasteiger charge is -2.32. The minimum absolute atomic E-state index is 0.0121. The van der Waals surface area contributed by atoms with Crippen LogP contribution >= 0.6 is 0 Å². The number of pyridine rings is 2. The number of fused-ring (bicyclic) bond motifs is 7. The van der Waals surface area contributed by atoms with Gasteiger partial charge in [-0.3, -0.25) is 9.78 Å². The van der Waals surface area contributed by atoms with Crippen LogP contribution in [0.2, 0.25) is 0 Å². The second-order valence-corrected chi connectivity index (χ2v) is 7.91. The van der Waals surface area contributed by atoms with E-state index in [4.69, 9.17) is 4.74 Å². The molecule has 1 saturated heterocycles. The number of allylic oxidation sites excluding steroid dienone is 1. The molecule has 3 aromatic rings. The van der Waals surface area contributed by atoms with Crippen LogP contribution in [0, 0.1) is 0 Å². The molecule has 6 nitrogen and oxygen atoms in total. The van der Waals surface area contributed by atoms with Crippen molar-refractivity contribution < 1.29 is 14.6 Å². The Hall–Kier alpha value is -3.51. The first-order chi connectivity index (χ1) is 14.6. The van der Waals surface area contributed by atoms with E-state index in [0.29, 0.717) is 13.0 Å². The van der Waals surface area contributed by atoms with Gasteiger partial charge in [0.05, 0.1) is 11.7 Å². The number of ether oxygens (including phenoxy) is 1. The fourth-order valence-corrected chi connectivity index (χ4v) is 5.15. The molecule has 2 aliphatic heterocycles. The summed E-state index contributed by atoms with van der Waals surface area (Å²) in [6, 6.07) is 13.6. The maximum atomic E-state index is 12.5. The molecule has 2 aromatic heterocycles. The summed E-state index contributed by atoms with van der Waals surface area (Å²) in [5.74, 6) is -1.20. The number of carboxylic acids is 1. The van der Waals surface area contributed by atoms with E-state index in [1.54, 1.807) is 6.20 Å². The number of aromatic carboxylic acids is 1.